The van der Waals surface area contributed by atoms with Gasteiger partial charge in [-0.2, -0.15) is 0 Å². The Labute approximate surface area is 153 Å². The molecule has 4 heteroatoms. The summed E-state index contributed by atoms with van der Waals surface area (Å²) < 4.78 is 28.4. The van der Waals surface area contributed by atoms with Gasteiger partial charge in [0.1, 0.15) is 0 Å². The number of rotatable bonds is 2. The van der Waals surface area contributed by atoms with E-state index in [1.807, 2.05) is 31.3 Å². The second kappa shape index (κ2) is 6.46. The third-order valence-electron chi connectivity index (χ3n) is 6.20. The molecule has 1 heterocycles. The van der Waals surface area contributed by atoms with Crippen LogP contribution in [0.4, 0.5) is 0 Å². The summed E-state index contributed by atoms with van der Waals surface area (Å²) in [6.07, 6.45) is 9.89. The Bertz CT molecular complexity index is 733. The van der Waals surface area contributed by atoms with Crippen molar-refractivity contribution in [1.29, 1.82) is 0 Å². The molecule has 0 unspecified atom stereocenters. The van der Waals surface area contributed by atoms with E-state index in [2.05, 4.69) is 20.8 Å². The molecule has 1 fully saturated rings. The largest absolute Gasteiger partial charge is 0.268 e. The minimum absolute atomic E-state index is 0.236. The van der Waals surface area contributed by atoms with Gasteiger partial charge in [-0.05, 0) is 68.9 Å². The number of nitrogens with zero attached hydrogens (tertiary/aromatic N) is 1. The van der Waals surface area contributed by atoms with Gasteiger partial charge in [0.25, 0.3) is 10.0 Å². The number of hydrogen-bond acceptors (Lipinski definition) is 2. The van der Waals surface area contributed by atoms with Gasteiger partial charge in [-0.15, -0.1) is 0 Å². The van der Waals surface area contributed by atoms with Crippen molar-refractivity contribution < 1.29 is 8.42 Å². The predicted molar refractivity (Wildman–Crippen MR) is 103 cm³/mol. The van der Waals surface area contributed by atoms with Crippen molar-refractivity contribution >= 4 is 10.0 Å². The zero-order valence-electron chi connectivity index (χ0n) is 16.0. The minimum Gasteiger partial charge on any atom is -0.268 e. The van der Waals surface area contributed by atoms with E-state index in [1.54, 1.807) is 16.4 Å². The summed E-state index contributed by atoms with van der Waals surface area (Å²) in [7, 11) is -3.49. The van der Waals surface area contributed by atoms with E-state index in [0.717, 1.165) is 44.1 Å². The Hall–Kier alpha value is -1.29. The first-order valence-electron chi connectivity index (χ1n) is 9.43. The number of sulfonamides is 1. The molecule has 0 amide bonds. The van der Waals surface area contributed by atoms with Gasteiger partial charge in [0, 0.05) is 6.20 Å². The fourth-order valence-electron chi connectivity index (χ4n) is 4.44. The molecule has 1 aromatic carbocycles. The second-order valence-electron chi connectivity index (χ2n) is 8.90. The van der Waals surface area contributed by atoms with Crippen molar-refractivity contribution in [2.45, 2.75) is 76.7 Å². The summed E-state index contributed by atoms with van der Waals surface area (Å²) in [5, 5.41) is 0. The van der Waals surface area contributed by atoms with Crippen LogP contribution in [0.5, 0.6) is 0 Å². The first kappa shape index (κ1) is 18.5. The Morgan fingerprint density at radius 2 is 1.64 bits per heavy atom. The molecule has 0 aromatic heterocycles. The summed E-state index contributed by atoms with van der Waals surface area (Å²) in [6.45, 7) is 8.89. The highest BCUT2D eigenvalue weighted by atomic mass is 32.2. The SMILES string of the molecule is Cc1ccc(S(=O)(=O)N2C=CCCC23CCC(C(C)(C)C)CC3)cc1. The van der Waals surface area contributed by atoms with Gasteiger partial charge in [-0.3, -0.25) is 4.31 Å². The van der Waals surface area contributed by atoms with Gasteiger partial charge >= 0.3 is 0 Å². The Morgan fingerprint density at radius 3 is 2.20 bits per heavy atom. The topological polar surface area (TPSA) is 37.4 Å². The highest BCUT2D eigenvalue weighted by Crippen LogP contribution is 2.48. The third-order valence-corrected chi connectivity index (χ3v) is 8.10. The van der Waals surface area contributed by atoms with Crippen LogP contribution in [-0.4, -0.2) is 18.3 Å². The molecule has 1 saturated carbocycles. The van der Waals surface area contributed by atoms with Gasteiger partial charge < -0.3 is 0 Å². The quantitative estimate of drug-likeness (QED) is 0.720. The van der Waals surface area contributed by atoms with Crippen LogP contribution in [0, 0.1) is 18.3 Å². The minimum atomic E-state index is -3.49. The molecule has 0 N–H and O–H groups in total. The summed E-state index contributed by atoms with van der Waals surface area (Å²) in [4.78, 5) is 0.405. The number of hydrogen-bond donors (Lipinski definition) is 0. The summed E-state index contributed by atoms with van der Waals surface area (Å²) >= 11 is 0. The first-order valence-corrected chi connectivity index (χ1v) is 10.9. The fourth-order valence-corrected chi connectivity index (χ4v) is 6.18. The fraction of sp³-hybridized carbons (Fsp3) is 0.619. The van der Waals surface area contributed by atoms with Gasteiger partial charge in [0.05, 0.1) is 10.4 Å². The van der Waals surface area contributed by atoms with E-state index in [9.17, 15) is 8.42 Å². The molecule has 1 aliphatic heterocycles. The van der Waals surface area contributed by atoms with Crippen molar-refractivity contribution in [1.82, 2.24) is 4.31 Å². The van der Waals surface area contributed by atoms with Crippen molar-refractivity contribution in [3.05, 3.63) is 42.1 Å². The molecule has 0 radical (unpaired) electrons. The standard InChI is InChI=1S/C21H31NO2S/c1-17-7-9-19(10-8-17)25(23,24)22-16-6-5-13-21(22)14-11-18(12-15-21)20(2,3)4/h6-10,16,18H,5,11-15H2,1-4H3. The van der Waals surface area contributed by atoms with Crippen LogP contribution < -0.4 is 0 Å². The van der Waals surface area contributed by atoms with E-state index in [1.165, 1.54) is 0 Å². The molecule has 1 aliphatic carbocycles. The van der Waals surface area contributed by atoms with Gasteiger partial charge in [0.15, 0.2) is 0 Å². The van der Waals surface area contributed by atoms with Crippen LogP contribution in [0.15, 0.2) is 41.4 Å². The maximum Gasteiger partial charge on any atom is 0.264 e. The van der Waals surface area contributed by atoms with Crippen LogP contribution in [0.2, 0.25) is 0 Å². The molecule has 3 nitrogen and oxygen atoms in total. The smallest absolute Gasteiger partial charge is 0.264 e. The lowest BCUT2D eigenvalue weighted by Crippen LogP contribution is -2.52. The lowest BCUT2D eigenvalue weighted by atomic mass is 9.66. The monoisotopic (exact) mass is 361 g/mol. The summed E-state index contributed by atoms with van der Waals surface area (Å²) in [5.74, 6) is 0.674. The zero-order chi connectivity index (χ0) is 18.3. The summed E-state index contributed by atoms with van der Waals surface area (Å²) in [6, 6.07) is 7.23. The maximum atomic E-state index is 13.3. The van der Waals surface area contributed by atoms with Crippen molar-refractivity contribution in [2.24, 2.45) is 11.3 Å². The summed E-state index contributed by atoms with van der Waals surface area (Å²) in [5.41, 5.74) is 1.14. The van der Waals surface area contributed by atoms with E-state index >= 15 is 0 Å². The predicted octanol–water partition coefficient (Wildman–Crippen LogP) is 5.27. The van der Waals surface area contributed by atoms with Gasteiger partial charge in [-0.25, -0.2) is 8.42 Å². The van der Waals surface area contributed by atoms with E-state index in [0.29, 0.717) is 16.2 Å². The van der Waals surface area contributed by atoms with Crippen LogP contribution >= 0.6 is 0 Å². The lowest BCUT2D eigenvalue weighted by molar-refractivity contribution is 0.0753. The molecule has 25 heavy (non-hydrogen) atoms. The third kappa shape index (κ3) is 3.51. The maximum absolute atomic E-state index is 13.3. The van der Waals surface area contributed by atoms with Gasteiger partial charge in [-0.1, -0.05) is 44.5 Å². The van der Waals surface area contributed by atoms with E-state index < -0.39 is 10.0 Å². The molecule has 1 spiro atoms. The average Bonchev–Trinajstić information content (AvgIpc) is 2.55. The average molecular weight is 362 g/mol. The molecule has 1 aromatic rings. The normalized spacial score (nSPS) is 27.7. The van der Waals surface area contributed by atoms with Crippen molar-refractivity contribution in [3.63, 3.8) is 0 Å². The molecule has 2 aliphatic rings. The Balaban J connectivity index is 1.90. The number of benzene rings is 1. The van der Waals surface area contributed by atoms with Crippen molar-refractivity contribution in [3.8, 4) is 0 Å². The van der Waals surface area contributed by atoms with Crippen molar-refractivity contribution in [2.75, 3.05) is 0 Å². The van der Waals surface area contributed by atoms with Crippen LogP contribution in [0.1, 0.15) is 64.9 Å². The Morgan fingerprint density at radius 1 is 1.04 bits per heavy atom. The molecule has 138 valence electrons. The molecule has 0 atom stereocenters. The highest BCUT2D eigenvalue weighted by molar-refractivity contribution is 7.89. The number of allylic oxidation sites excluding steroid dienone is 1. The molecule has 3 rings (SSSR count). The lowest BCUT2D eigenvalue weighted by Gasteiger charge is -2.50. The first-order chi connectivity index (χ1) is 11.7. The van der Waals surface area contributed by atoms with Crippen LogP contribution in [0.25, 0.3) is 0 Å². The molecular formula is C21H31NO2S. The van der Waals surface area contributed by atoms with Crippen LogP contribution in [-0.2, 0) is 10.0 Å². The number of aryl methyl sites for hydroxylation is 1. The van der Waals surface area contributed by atoms with E-state index in [4.69, 9.17) is 0 Å². The molecular weight excluding hydrogens is 330 g/mol. The molecule has 0 bridgehead atoms. The second-order valence-corrected chi connectivity index (χ2v) is 10.7. The molecule has 0 saturated heterocycles. The zero-order valence-corrected chi connectivity index (χ0v) is 16.8. The van der Waals surface area contributed by atoms with E-state index in [-0.39, 0.29) is 5.54 Å². The van der Waals surface area contributed by atoms with Crippen LogP contribution in [0.3, 0.4) is 0 Å². The highest BCUT2D eigenvalue weighted by Gasteiger charge is 2.46. The Kier molecular flexibility index (Phi) is 4.78. The van der Waals surface area contributed by atoms with Gasteiger partial charge in [0.2, 0.25) is 0 Å².